The lowest BCUT2D eigenvalue weighted by Gasteiger charge is -2.13. The van der Waals surface area contributed by atoms with Crippen LogP contribution in [0.4, 0.5) is 0 Å². The fraction of sp³-hybridized carbons (Fsp3) is 0.0952. The van der Waals surface area contributed by atoms with Crippen molar-refractivity contribution in [3.05, 3.63) is 63.0 Å². The van der Waals surface area contributed by atoms with E-state index in [1.165, 1.54) is 0 Å². The Kier molecular flexibility index (Phi) is 5.36. The number of hydrogen-bond acceptors (Lipinski definition) is 5. The molecule has 5 nitrogen and oxygen atoms in total. The van der Waals surface area contributed by atoms with Crippen LogP contribution < -0.4 is 9.47 Å². The topological polar surface area (TPSA) is 62.9 Å². The van der Waals surface area contributed by atoms with Crippen LogP contribution in [0.1, 0.15) is 0 Å². The minimum absolute atomic E-state index is 0.413. The van der Waals surface area contributed by atoms with Gasteiger partial charge in [0.2, 0.25) is 0 Å². The van der Waals surface area contributed by atoms with Gasteiger partial charge in [-0.25, -0.2) is 4.98 Å². The highest BCUT2D eigenvalue weighted by Crippen LogP contribution is 2.37. The molecule has 4 rings (SSSR count). The average Bonchev–Trinajstić information content (AvgIpc) is 2.72. The van der Waals surface area contributed by atoms with Crippen molar-refractivity contribution >= 4 is 47.1 Å². The van der Waals surface area contributed by atoms with Crippen molar-refractivity contribution in [3.63, 3.8) is 0 Å². The highest BCUT2D eigenvalue weighted by Gasteiger charge is 2.15. The average molecular weight is 442 g/mol. The lowest BCUT2D eigenvalue weighted by atomic mass is 10.00. The summed E-state index contributed by atoms with van der Waals surface area (Å²) in [5, 5.41) is 1.45. The number of hydrogen-bond donors (Lipinski definition) is 2. The number of nitrogens with zero attached hydrogens (tertiary/aromatic N) is 1. The smallest absolute Gasteiger partial charge is 0.177 e. The first-order chi connectivity index (χ1) is 14.0. The number of aromatic nitrogens is 3. The number of rotatable bonds is 4. The van der Waals surface area contributed by atoms with Crippen LogP contribution in [0.3, 0.4) is 0 Å². The SMILES string of the molecule is COc1ccc(-c2cc(-c3ccc(Cl)cc3)c3c(=S)[nH]c(=S)[nH]c3n2)c(OC)c1. The maximum atomic E-state index is 6.08. The van der Waals surface area contributed by atoms with Crippen molar-refractivity contribution in [1.29, 1.82) is 0 Å². The zero-order valence-corrected chi connectivity index (χ0v) is 18.0. The molecule has 0 amide bonds. The van der Waals surface area contributed by atoms with Crippen LogP contribution >= 0.6 is 36.0 Å². The first-order valence-corrected chi connectivity index (χ1v) is 9.85. The molecule has 2 aromatic heterocycles. The van der Waals surface area contributed by atoms with Crippen molar-refractivity contribution in [3.8, 4) is 33.9 Å². The summed E-state index contributed by atoms with van der Waals surface area (Å²) in [6, 6.07) is 15.2. The molecule has 0 aliphatic heterocycles. The Morgan fingerprint density at radius 1 is 0.897 bits per heavy atom. The first kappa shape index (κ1) is 19.6. The highest BCUT2D eigenvalue weighted by molar-refractivity contribution is 7.72. The van der Waals surface area contributed by atoms with Crippen LogP contribution in [0.5, 0.6) is 11.5 Å². The predicted molar refractivity (Wildman–Crippen MR) is 121 cm³/mol. The number of halogens is 1. The van der Waals surface area contributed by atoms with Crippen LogP contribution in [-0.2, 0) is 0 Å². The van der Waals surface area contributed by atoms with Gasteiger partial charge in [0.15, 0.2) is 4.77 Å². The molecule has 146 valence electrons. The van der Waals surface area contributed by atoms with E-state index < -0.39 is 0 Å². The molecule has 2 N–H and O–H groups in total. The van der Waals surface area contributed by atoms with E-state index in [9.17, 15) is 0 Å². The van der Waals surface area contributed by atoms with E-state index in [0.717, 1.165) is 22.1 Å². The Morgan fingerprint density at radius 2 is 1.66 bits per heavy atom. The number of H-pyrrole nitrogens is 2. The lowest BCUT2D eigenvalue weighted by molar-refractivity contribution is 0.395. The maximum absolute atomic E-state index is 6.08. The van der Waals surface area contributed by atoms with Gasteiger partial charge in [-0.3, -0.25) is 0 Å². The van der Waals surface area contributed by atoms with Gasteiger partial charge < -0.3 is 19.4 Å². The highest BCUT2D eigenvalue weighted by atomic mass is 35.5. The molecule has 0 aliphatic carbocycles. The summed E-state index contributed by atoms with van der Waals surface area (Å²) < 4.78 is 11.8. The molecule has 0 saturated carbocycles. The molecule has 0 saturated heterocycles. The maximum Gasteiger partial charge on any atom is 0.177 e. The first-order valence-electron chi connectivity index (χ1n) is 8.66. The molecule has 2 aromatic carbocycles. The van der Waals surface area contributed by atoms with E-state index in [-0.39, 0.29) is 0 Å². The van der Waals surface area contributed by atoms with Crippen LogP contribution in [0.2, 0.25) is 5.02 Å². The van der Waals surface area contributed by atoms with Gasteiger partial charge in [-0.2, -0.15) is 0 Å². The van der Waals surface area contributed by atoms with E-state index in [4.69, 9.17) is 50.5 Å². The monoisotopic (exact) mass is 441 g/mol. The minimum atomic E-state index is 0.413. The summed E-state index contributed by atoms with van der Waals surface area (Å²) >= 11 is 16.9. The second-order valence-corrected chi connectivity index (χ2v) is 7.51. The molecule has 4 aromatic rings. The van der Waals surface area contributed by atoms with Crippen LogP contribution in [-0.4, -0.2) is 29.2 Å². The second kappa shape index (κ2) is 7.94. The van der Waals surface area contributed by atoms with E-state index in [2.05, 4.69) is 9.97 Å². The van der Waals surface area contributed by atoms with E-state index in [0.29, 0.717) is 37.3 Å². The molecule has 0 radical (unpaired) electrons. The summed E-state index contributed by atoms with van der Waals surface area (Å²) in [5.74, 6) is 1.35. The number of fused-ring (bicyclic) bond motifs is 1. The second-order valence-electron chi connectivity index (χ2n) is 6.26. The number of ether oxygens (including phenoxy) is 2. The molecular weight excluding hydrogens is 426 g/mol. The zero-order valence-electron chi connectivity index (χ0n) is 15.6. The van der Waals surface area contributed by atoms with E-state index >= 15 is 0 Å². The van der Waals surface area contributed by atoms with Gasteiger partial charge in [-0.15, -0.1) is 0 Å². The largest absolute Gasteiger partial charge is 0.497 e. The molecule has 0 fully saturated rings. The summed E-state index contributed by atoms with van der Waals surface area (Å²) in [5.41, 5.74) is 4.00. The molecule has 0 spiro atoms. The summed E-state index contributed by atoms with van der Waals surface area (Å²) in [7, 11) is 3.23. The molecule has 0 atom stereocenters. The van der Waals surface area contributed by atoms with Crippen LogP contribution in [0.15, 0.2) is 48.5 Å². The van der Waals surface area contributed by atoms with Crippen LogP contribution in [0, 0.1) is 9.41 Å². The zero-order chi connectivity index (χ0) is 20.5. The van der Waals surface area contributed by atoms with Crippen molar-refractivity contribution < 1.29 is 9.47 Å². The van der Waals surface area contributed by atoms with E-state index in [1.807, 2.05) is 48.5 Å². The minimum Gasteiger partial charge on any atom is -0.497 e. The number of benzene rings is 2. The third-order valence-corrected chi connectivity index (χ3v) is 5.31. The third kappa shape index (κ3) is 3.76. The molecule has 0 aliphatic rings. The fourth-order valence-electron chi connectivity index (χ4n) is 3.17. The molecular formula is C21H16ClN3O2S2. The van der Waals surface area contributed by atoms with Gasteiger partial charge in [-0.1, -0.05) is 36.0 Å². The number of pyridine rings is 1. The quantitative estimate of drug-likeness (QED) is 0.361. The predicted octanol–water partition coefficient (Wildman–Crippen LogP) is 6.35. The van der Waals surface area contributed by atoms with Crippen molar-refractivity contribution in [1.82, 2.24) is 15.0 Å². The van der Waals surface area contributed by atoms with Gasteiger partial charge in [0, 0.05) is 16.7 Å². The molecule has 29 heavy (non-hydrogen) atoms. The van der Waals surface area contributed by atoms with Gasteiger partial charge in [0.25, 0.3) is 0 Å². The van der Waals surface area contributed by atoms with Crippen molar-refractivity contribution in [2.75, 3.05) is 14.2 Å². The Bertz CT molecular complexity index is 1330. The summed E-state index contributed by atoms with van der Waals surface area (Å²) in [4.78, 5) is 10.9. The fourth-order valence-corrected chi connectivity index (χ4v) is 3.87. The standard InChI is InChI=1S/C21H16ClN3O2S2/c1-26-13-7-8-14(17(9-13)27-2)16-10-15(11-3-5-12(22)6-4-11)18-19(23-16)24-21(29)25-20(18)28/h3-10H,1-2H3,(H2,23,24,25,28,29). The van der Waals surface area contributed by atoms with Gasteiger partial charge in [-0.05, 0) is 53.7 Å². The van der Waals surface area contributed by atoms with Crippen LogP contribution in [0.25, 0.3) is 33.4 Å². The van der Waals surface area contributed by atoms with Gasteiger partial charge >= 0.3 is 0 Å². The molecule has 8 heteroatoms. The molecule has 2 heterocycles. The number of methoxy groups -OCH3 is 2. The summed E-state index contributed by atoms with van der Waals surface area (Å²) in [6.45, 7) is 0. The normalized spacial score (nSPS) is 10.9. The third-order valence-electron chi connectivity index (χ3n) is 4.55. The Labute approximate surface area is 182 Å². The molecule has 0 unspecified atom stereocenters. The summed E-state index contributed by atoms with van der Waals surface area (Å²) in [6.07, 6.45) is 0. The van der Waals surface area contributed by atoms with Gasteiger partial charge in [0.05, 0.1) is 25.3 Å². The Hall–Kier alpha value is -2.74. The van der Waals surface area contributed by atoms with E-state index in [1.54, 1.807) is 14.2 Å². The van der Waals surface area contributed by atoms with Crippen molar-refractivity contribution in [2.45, 2.75) is 0 Å². The number of nitrogens with one attached hydrogen (secondary N) is 2. The lowest BCUT2D eigenvalue weighted by Crippen LogP contribution is -1.97. The molecule has 0 bridgehead atoms. The Balaban J connectivity index is 2.06. The van der Waals surface area contributed by atoms with Gasteiger partial charge in [0.1, 0.15) is 21.8 Å². The Morgan fingerprint density at radius 3 is 2.34 bits per heavy atom. The number of aromatic amines is 2. The van der Waals surface area contributed by atoms with Crippen molar-refractivity contribution in [2.24, 2.45) is 0 Å².